The Hall–Kier alpha value is -1.96. The quantitative estimate of drug-likeness (QED) is 0.667. The fourth-order valence-corrected chi connectivity index (χ4v) is 4.17. The van der Waals surface area contributed by atoms with Crippen molar-refractivity contribution in [1.29, 1.82) is 0 Å². The van der Waals surface area contributed by atoms with Crippen LogP contribution in [-0.4, -0.2) is 47.5 Å². The van der Waals surface area contributed by atoms with Gasteiger partial charge in [0.1, 0.15) is 6.17 Å². The normalized spacial score (nSPS) is 23.1. The maximum Gasteiger partial charge on any atom is 0.258 e. The summed E-state index contributed by atoms with van der Waals surface area (Å²) in [5.41, 5.74) is -1.11. The highest BCUT2D eigenvalue weighted by Gasteiger charge is 2.34. The number of benzene rings is 1. The lowest BCUT2D eigenvalue weighted by Gasteiger charge is -2.33. The molecule has 0 spiro atoms. The number of alkyl halides is 1. The Morgan fingerprint density at radius 1 is 1.34 bits per heavy atom. The molecule has 1 atom stereocenters. The average molecular weight is 424 g/mol. The van der Waals surface area contributed by atoms with Gasteiger partial charge in [0.15, 0.2) is 0 Å². The number of fused-ring (bicyclic) bond motifs is 1. The Morgan fingerprint density at radius 2 is 2.03 bits per heavy atom. The number of likely N-dealkylation sites (N-methyl/N-ethyl adjacent to an activating group) is 1. The second-order valence-corrected chi connectivity index (χ2v) is 8.31. The molecule has 1 fully saturated rings. The van der Waals surface area contributed by atoms with Gasteiger partial charge in [-0.2, -0.15) is 0 Å². The van der Waals surface area contributed by atoms with E-state index in [-0.39, 0.29) is 41.6 Å². The summed E-state index contributed by atoms with van der Waals surface area (Å²) in [7, 11) is 1.82. The molecule has 1 saturated carbocycles. The number of amides is 1. The highest BCUT2D eigenvalue weighted by molar-refractivity contribution is 6.35. The molecule has 3 N–H and O–H groups in total. The topological polar surface area (TPSA) is 83.4 Å². The van der Waals surface area contributed by atoms with E-state index >= 15 is 0 Å². The van der Waals surface area contributed by atoms with E-state index in [1.165, 1.54) is 6.07 Å². The molecule has 1 aliphatic rings. The second kappa shape index (κ2) is 8.81. The second-order valence-electron chi connectivity index (χ2n) is 7.90. The molecule has 0 radical (unpaired) electrons. The molecular weight excluding hydrogens is 397 g/mol. The van der Waals surface area contributed by atoms with E-state index in [9.17, 15) is 19.1 Å². The summed E-state index contributed by atoms with van der Waals surface area (Å²) in [6, 6.07) is 4.82. The zero-order valence-electron chi connectivity index (χ0n) is 16.7. The number of carbonyl (C=O) groups is 1. The van der Waals surface area contributed by atoms with E-state index in [4.69, 9.17) is 11.6 Å². The van der Waals surface area contributed by atoms with Gasteiger partial charge in [0, 0.05) is 36.1 Å². The van der Waals surface area contributed by atoms with Gasteiger partial charge >= 0.3 is 0 Å². The van der Waals surface area contributed by atoms with E-state index in [0.29, 0.717) is 30.2 Å². The molecular formula is C21H27ClFN3O3. The third kappa shape index (κ3) is 4.63. The first kappa shape index (κ1) is 21.7. The van der Waals surface area contributed by atoms with Crippen LogP contribution in [0.4, 0.5) is 4.39 Å². The third-order valence-electron chi connectivity index (χ3n) is 5.69. The minimum absolute atomic E-state index is 0.0154. The van der Waals surface area contributed by atoms with Crippen molar-refractivity contribution in [3.05, 3.63) is 45.3 Å². The first-order chi connectivity index (χ1) is 13.8. The third-order valence-corrected chi connectivity index (χ3v) is 6.00. The lowest BCUT2D eigenvalue weighted by Crippen LogP contribution is -2.45. The van der Waals surface area contributed by atoms with E-state index < -0.39 is 17.7 Å². The van der Waals surface area contributed by atoms with E-state index in [2.05, 4.69) is 10.6 Å². The molecule has 0 bridgehead atoms. The van der Waals surface area contributed by atoms with Gasteiger partial charge in [0.2, 0.25) is 0 Å². The smallest absolute Gasteiger partial charge is 0.258 e. The van der Waals surface area contributed by atoms with Crippen LogP contribution in [0, 0.1) is 0 Å². The molecule has 2 aromatic rings. The van der Waals surface area contributed by atoms with Gasteiger partial charge in [-0.15, -0.1) is 0 Å². The minimum Gasteiger partial charge on any atom is -0.388 e. The van der Waals surface area contributed by atoms with Crippen molar-refractivity contribution < 1.29 is 14.3 Å². The molecule has 29 heavy (non-hydrogen) atoms. The van der Waals surface area contributed by atoms with Gasteiger partial charge in [-0.05, 0) is 57.9 Å². The number of aromatic nitrogens is 1. The molecule has 1 amide bonds. The molecule has 1 aliphatic carbocycles. The number of hydrogen-bond donors (Lipinski definition) is 3. The monoisotopic (exact) mass is 423 g/mol. The summed E-state index contributed by atoms with van der Waals surface area (Å²) >= 11 is 6.29. The minimum atomic E-state index is -1.12. The Labute approximate surface area is 174 Å². The molecule has 8 heteroatoms. The Bertz CT molecular complexity index is 954. The molecule has 1 heterocycles. The van der Waals surface area contributed by atoms with E-state index in [1.807, 2.05) is 14.0 Å². The summed E-state index contributed by atoms with van der Waals surface area (Å²) in [5, 5.41) is 17.4. The van der Waals surface area contributed by atoms with Gasteiger partial charge in [-0.1, -0.05) is 11.6 Å². The fourth-order valence-electron chi connectivity index (χ4n) is 3.92. The van der Waals surface area contributed by atoms with Crippen LogP contribution in [0.1, 0.15) is 49.0 Å². The van der Waals surface area contributed by atoms with Gasteiger partial charge in [0.05, 0.1) is 16.2 Å². The highest BCUT2D eigenvalue weighted by Crippen LogP contribution is 2.30. The van der Waals surface area contributed by atoms with Crippen molar-refractivity contribution in [3.63, 3.8) is 0 Å². The van der Waals surface area contributed by atoms with Crippen molar-refractivity contribution in [2.75, 3.05) is 20.1 Å². The number of pyridine rings is 1. The van der Waals surface area contributed by atoms with Gasteiger partial charge in [0.25, 0.3) is 11.5 Å². The zero-order chi connectivity index (χ0) is 21.2. The van der Waals surface area contributed by atoms with Crippen molar-refractivity contribution in [3.8, 4) is 0 Å². The number of carbonyl (C=O) groups excluding carboxylic acids is 1. The SMILES string of the molecule is CNC[C@@H](C)n1ccc2c(C(=O)NCC3(O)CCC(F)CC3)c(Cl)ccc2c1=O. The fraction of sp³-hybridized carbons (Fsp3) is 0.524. The Kier molecular flexibility index (Phi) is 6.61. The Morgan fingerprint density at radius 3 is 2.69 bits per heavy atom. The largest absolute Gasteiger partial charge is 0.388 e. The molecule has 6 nitrogen and oxygen atoms in total. The molecule has 1 aromatic carbocycles. The lowest BCUT2D eigenvalue weighted by molar-refractivity contribution is -0.0127. The van der Waals surface area contributed by atoms with Crippen LogP contribution in [0.3, 0.4) is 0 Å². The predicted molar refractivity (Wildman–Crippen MR) is 113 cm³/mol. The first-order valence-corrected chi connectivity index (χ1v) is 10.3. The average Bonchev–Trinajstić information content (AvgIpc) is 2.69. The van der Waals surface area contributed by atoms with Gasteiger partial charge in [-0.3, -0.25) is 9.59 Å². The predicted octanol–water partition coefficient (Wildman–Crippen LogP) is 2.81. The summed E-state index contributed by atoms with van der Waals surface area (Å²) in [5.74, 6) is -0.461. The molecule has 1 aromatic heterocycles. The maximum atomic E-state index is 13.3. The number of nitrogens with one attached hydrogen (secondary N) is 2. The van der Waals surface area contributed by atoms with Crippen LogP contribution >= 0.6 is 11.6 Å². The summed E-state index contributed by atoms with van der Waals surface area (Å²) in [4.78, 5) is 25.8. The van der Waals surface area contributed by atoms with Crippen molar-refractivity contribution in [2.24, 2.45) is 0 Å². The zero-order valence-corrected chi connectivity index (χ0v) is 17.4. The van der Waals surface area contributed by atoms with Gasteiger partial charge < -0.3 is 20.3 Å². The highest BCUT2D eigenvalue weighted by atomic mass is 35.5. The van der Waals surface area contributed by atoms with Crippen molar-refractivity contribution in [2.45, 2.75) is 50.4 Å². The molecule has 0 aliphatic heterocycles. The van der Waals surface area contributed by atoms with Crippen LogP contribution in [0.5, 0.6) is 0 Å². The summed E-state index contributed by atoms with van der Waals surface area (Å²) in [6.07, 6.45) is 1.93. The van der Waals surface area contributed by atoms with E-state index in [0.717, 1.165) is 0 Å². The van der Waals surface area contributed by atoms with E-state index in [1.54, 1.807) is 22.9 Å². The molecule has 3 rings (SSSR count). The summed E-state index contributed by atoms with van der Waals surface area (Å²) < 4.78 is 15.0. The van der Waals surface area contributed by atoms with Crippen LogP contribution in [0.25, 0.3) is 10.8 Å². The number of aliphatic hydroxyl groups is 1. The summed E-state index contributed by atoms with van der Waals surface area (Å²) in [6.45, 7) is 2.58. The van der Waals surface area contributed by atoms with Gasteiger partial charge in [-0.25, -0.2) is 4.39 Å². The van der Waals surface area contributed by atoms with Crippen molar-refractivity contribution in [1.82, 2.24) is 15.2 Å². The standard InChI is InChI=1S/C21H27ClFN3O3/c1-13(11-24-2)26-10-7-15-16(20(26)28)3-4-17(22)18(15)19(27)25-12-21(29)8-5-14(23)6-9-21/h3-4,7,10,13-14,24,29H,5-6,8-9,11-12H2,1-2H3,(H,25,27)/t13-,14?,21?/m1/s1. The van der Waals surface area contributed by atoms with Crippen LogP contribution in [0.2, 0.25) is 5.02 Å². The molecule has 0 unspecified atom stereocenters. The number of rotatable bonds is 6. The number of hydrogen-bond acceptors (Lipinski definition) is 4. The van der Waals surface area contributed by atoms with Crippen LogP contribution < -0.4 is 16.2 Å². The van der Waals surface area contributed by atoms with Crippen molar-refractivity contribution >= 4 is 28.3 Å². The number of nitrogens with zero attached hydrogens (tertiary/aromatic N) is 1. The molecule has 0 saturated heterocycles. The lowest BCUT2D eigenvalue weighted by atomic mass is 9.84. The maximum absolute atomic E-state index is 13.3. The first-order valence-electron chi connectivity index (χ1n) is 9.88. The van der Waals surface area contributed by atoms with Crippen LogP contribution in [-0.2, 0) is 0 Å². The van der Waals surface area contributed by atoms with Crippen LogP contribution in [0.15, 0.2) is 29.2 Å². The number of halogens is 2. The molecule has 158 valence electrons. The Balaban J connectivity index is 1.88.